The number of rotatable bonds is 5. The van der Waals surface area contributed by atoms with E-state index in [-0.39, 0.29) is 0 Å². The van der Waals surface area contributed by atoms with Crippen molar-refractivity contribution in [3.63, 3.8) is 0 Å². The third kappa shape index (κ3) is 3.96. The number of likely N-dealkylation sites (N-methyl/N-ethyl adjacent to an activating group) is 1. The van der Waals surface area contributed by atoms with Crippen molar-refractivity contribution in [1.82, 2.24) is 10.2 Å². The summed E-state index contributed by atoms with van der Waals surface area (Å²) in [5.74, 6) is 0.932. The van der Waals surface area contributed by atoms with Crippen LogP contribution in [0.4, 0.5) is 0 Å². The Morgan fingerprint density at radius 1 is 1.11 bits per heavy atom. The summed E-state index contributed by atoms with van der Waals surface area (Å²) < 4.78 is 0. The van der Waals surface area contributed by atoms with Crippen molar-refractivity contribution < 1.29 is 0 Å². The maximum Gasteiger partial charge on any atom is 0.0192 e. The minimum Gasteiger partial charge on any atom is -0.312 e. The summed E-state index contributed by atoms with van der Waals surface area (Å²) in [6.07, 6.45) is 11.4. The molecular weight excluding hydrogens is 220 g/mol. The molecule has 0 aromatic heterocycles. The first-order valence-electron chi connectivity index (χ1n) is 8.12. The van der Waals surface area contributed by atoms with Gasteiger partial charge in [0.2, 0.25) is 0 Å². The standard InChI is InChI=1S/C16H32N2/c1-13-7-6-10-16(11-13)18(3)14(2)12-17-15-8-4-5-9-15/h13-17H,4-12H2,1-3H3. The average Bonchev–Trinajstić information content (AvgIpc) is 2.88. The van der Waals surface area contributed by atoms with Crippen LogP contribution in [0, 0.1) is 5.92 Å². The molecule has 0 amide bonds. The van der Waals surface area contributed by atoms with Crippen LogP contribution in [-0.4, -0.2) is 36.6 Å². The zero-order valence-corrected chi connectivity index (χ0v) is 12.6. The molecule has 2 aliphatic carbocycles. The Morgan fingerprint density at radius 2 is 1.83 bits per heavy atom. The van der Waals surface area contributed by atoms with Crippen molar-refractivity contribution in [1.29, 1.82) is 0 Å². The highest BCUT2D eigenvalue weighted by molar-refractivity contribution is 4.82. The number of nitrogens with zero attached hydrogens (tertiary/aromatic N) is 1. The molecule has 0 saturated heterocycles. The van der Waals surface area contributed by atoms with Crippen molar-refractivity contribution in [3.05, 3.63) is 0 Å². The van der Waals surface area contributed by atoms with Crippen molar-refractivity contribution in [2.45, 2.75) is 83.3 Å². The van der Waals surface area contributed by atoms with Crippen molar-refractivity contribution in [2.75, 3.05) is 13.6 Å². The quantitative estimate of drug-likeness (QED) is 0.806. The topological polar surface area (TPSA) is 15.3 Å². The molecule has 0 radical (unpaired) electrons. The van der Waals surface area contributed by atoms with Crippen molar-refractivity contribution in [3.8, 4) is 0 Å². The Kier molecular flexibility index (Phi) is 5.50. The van der Waals surface area contributed by atoms with E-state index in [0.717, 1.165) is 18.0 Å². The van der Waals surface area contributed by atoms with Crippen LogP contribution in [0.3, 0.4) is 0 Å². The van der Waals surface area contributed by atoms with Crippen LogP contribution in [0.25, 0.3) is 0 Å². The molecule has 0 aliphatic heterocycles. The molecule has 2 rings (SSSR count). The summed E-state index contributed by atoms with van der Waals surface area (Å²) in [6.45, 7) is 5.98. The van der Waals surface area contributed by atoms with Gasteiger partial charge in [0.25, 0.3) is 0 Å². The molecule has 2 saturated carbocycles. The SMILES string of the molecule is CC1CCCC(N(C)C(C)CNC2CCCC2)C1. The predicted molar refractivity (Wildman–Crippen MR) is 78.9 cm³/mol. The normalized spacial score (nSPS) is 32.0. The Balaban J connectivity index is 1.71. The smallest absolute Gasteiger partial charge is 0.0192 e. The van der Waals surface area contributed by atoms with Gasteiger partial charge in [0.05, 0.1) is 0 Å². The van der Waals surface area contributed by atoms with Gasteiger partial charge in [0.15, 0.2) is 0 Å². The summed E-state index contributed by atoms with van der Waals surface area (Å²) in [5.41, 5.74) is 0. The van der Waals surface area contributed by atoms with Crippen LogP contribution in [0.1, 0.15) is 65.2 Å². The minimum atomic E-state index is 0.681. The molecule has 3 atom stereocenters. The fourth-order valence-corrected chi connectivity index (χ4v) is 3.74. The van der Waals surface area contributed by atoms with Gasteiger partial charge in [0, 0.05) is 24.7 Å². The van der Waals surface area contributed by atoms with Gasteiger partial charge in [-0.05, 0) is 45.6 Å². The molecule has 3 unspecified atom stereocenters. The number of hydrogen-bond acceptors (Lipinski definition) is 2. The Bertz CT molecular complexity index is 235. The summed E-state index contributed by atoms with van der Waals surface area (Å²) in [4.78, 5) is 2.64. The van der Waals surface area contributed by atoms with Gasteiger partial charge in [-0.25, -0.2) is 0 Å². The molecule has 2 nitrogen and oxygen atoms in total. The van der Waals surface area contributed by atoms with E-state index in [0.29, 0.717) is 6.04 Å². The first-order chi connectivity index (χ1) is 8.66. The second kappa shape index (κ2) is 6.91. The summed E-state index contributed by atoms with van der Waals surface area (Å²) >= 11 is 0. The zero-order valence-electron chi connectivity index (χ0n) is 12.6. The van der Waals surface area contributed by atoms with Crippen LogP contribution < -0.4 is 5.32 Å². The van der Waals surface area contributed by atoms with Crippen molar-refractivity contribution >= 4 is 0 Å². The van der Waals surface area contributed by atoms with Gasteiger partial charge in [-0.15, -0.1) is 0 Å². The Labute approximate surface area is 114 Å². The van der Waals surface area contributed by atoms with Crippen molar-refractivity contribution in [2.24, 2.45) is 5.92 Å². The number of nitrogens with one attached hydrogen (secondary N) is 1. The molecule has 2 heteroatoms. The zero-order chi connectivity index (χ0) is 13.0. The average molecular weight is 252 g/mol. The third-order valence-electron chi connectivity index (χ3n) is 5.24. The van der Waals surface area contributed by atoms with E-state index < -0.39 is 0 Å². The largest absolute Gasteiger partial charge is 0.312 e. The van der Waals surface area contributed by atoms with E-state index in [1.165, 1.54) is 57.9 Å². The summed E-state index contributed by atoms with van der Waals surface area (Å²) in [6, 6.07) is 2.32. The molecule has 2 aliphatic rings. The molecule has 0 spiro atoms. The van der Waals surface area contributed by atoms with Crippen LogP contribution in [-0.2, 0) is 0 Å². The lowest BCUT2D eigenvalue weighted by atomic mass is 9.86. The summed E-state index contributed by atoms with van der Waals surface area (Å²) in [5, 5.41) is 3.77. The van der Waals surface area contributed by atoms with Gasteiger partial charge < -0.3 is 5.32 Å². The number of hydrogen-bond donors (Lipinski definition) is 1. The summed E-state index contributed by atoms with van der Waals surface area (Å²) in [7, 11) is 2.34. The van der Waals surface area contributed by atoms with E-state index in [9.17, 15) is 0 Å². The molecule has 0 heterocycles. The Hall–Kier alpha value is -0.0800. The molecule has 0 aromatic rings. The molecule has 18 heavy (non-hydrogen) atoms. The molecule has 2 fully saturated rings. The second-order valence-corrected chi connectivity index (χ2v) is 6.83. The van der Waals surface area contributed by atoms with Crippen LogP contribution >= 0.6 is 0 Å². The lowest BCUT2D eigenvalue weighted by molar-refractivity contribution is 0.123. The first-order valence-corrected chi connectivity index (χ1v) is 8.12. The first kappa shape index (κ1) is 14.3. The van der Waals surface area contributed by atoms with Gasteiger partial charge in [-0.1, -0.05) is 32.6 Å². The van der Waals surface area contributed by atoms with E-state index in [2.05, 4.69) is 31.1 Å². The van der Waals surface area contributed by atoms with E-state index in [1.54, 1.807) is 0 Å². The highest BCUT2D eigenvalue weighted by Crippen LogP contribution is 2.27. The van der Waals surface area contributed by atoms with E-state index in [4.69, 9.17) is 0 Å². The molecule has 1 N–H and O–H groups in total. The highest BCUT2D eigenvalue weighted by atomic mass is 15.2. The maximum absolute atomic E-state index is 3.77. The van der Waals surface area contributed by atoms with Gasteiger partial charge in [-0.2, -0.15) is 0 Å². The monoisotopic (exact) mass is 252 g/mol. The van der Waals surface area contributed by atoms with Crippen LogP contribution in [0.15, 0.2) is 0 Å². The lowest BCUT2D eigenvalue weighted by Crippen LogP contribution is -2.46. The minimum absolute atomic E-state index is 0.681. The van der Waals surface area contributed by atoms with Gasteiger partial charge in [-0.3, -0.25) is 4.90 Å². The highest BCUT2D eigenvalue weighted by Gasteiger charge is 2.25. The fourth-order valence-electron chi connectivity index (χ4n) is 3.74. The fraction of sp³-hybridized carbons (Fsp3) is 1.00. The molecular formula is C16H32N2. The lowest BCUT2D eigenvalue weighted by Gasteiger charge is -2.38. The van der Waals surface area contributed by atoms with E-state index in [1.807, 2.05) is 0 Å². The van der Waals surface area contributed by atoms with Crippen LogP contribution in [0.5, 0.6) is 0 Å². The third-order valence-corrected chi connectivity index (χ3v) is 5.24. The van der Waals surface area contributed by atoms with Crippen LogP contribution in [0.2, 0.25) is 0 Å². The molecule has 0 aromatic carbocycles. The molecule has 106 valence electrons. The Morgan fingerprint density at radius 3 is 2.50 bits per heavy atom. The maximum atomic E-state index is 3.77. The van der Waals surface area contributed by atoms with Gasteiger partial charge in [0.1, 0.15) is 0 Å². The molecule has 0 bridgehead atoms. The second-order valence-electron chi connectivity index (χ2n) is 6.83. The predicted octanol–water partition coefficient (Wildman–Crippen LogP) is 3.42. The van der Waals surface area contributed by atoms with E-state index >= 15 is 0 Å². The van der Waals surface area contributed by atoms with Gasteiger partial charge >= 0.3 is 0 Å².